The predicted octanol–water partition coefficient (Wildman–Crippen LogP) is 13.8. The quantitative estimate of drug-likeness (QED) is 0.169. The van der Waals surface area contributed by atoms with Crippen LogP contribution in [0.3, 0.4) is 0 Å². The zero-order valence-corrected chi connectivity index (χ0v) is 32.6. The van der Waals surface area contributed by atoms with Crippen LogP contribution >= 0.6 is 0 Å². The van der Waals surface area contributed by atoms with Crippen LogP contribution in [0, 0.1) is 0 Å². The molecule has 0 spiro atoms. The molecule has 0 amide bonds. The van der Waals surface area contributed by atoms with E-state index in [1.807, 2.05) is 36.4 Å². The molecule has 4 nitrogen and oxygen atoms in total. The van der Waals surface area contributed by atoms with Gasteiger partial charge in [0.1, 0.15) is 0 Å². The van der Waals surface area contributed by atoms with Crippen molar-refractivity contribution in [1.82, 2.24) is 15.0 Å². The molecule has 0 bridgehead atoms. The van der Waals surface area contributed by atoms with Gasteiger partial charge in [0, 0.05) is 38.9 Å². The zero-order chi connectivity index (χ0) is 39.6. The Kier molecular flexibility index (Phi) is 7.72. The Labute approximate surface area is 348 Å². The zero-order valence-electron chi connectivity index (χ0n) is 32.6. The van der Waals surface area contributed by atoms with Gasteiger partial charge in [0.25, 0.3) is 0 Å². The molecule has 0 fully saturated rings. The minimum Gasteiger partial charge on any atom is -0.309 e. The minimum absolute atomic E-state index is 0.520. The molecule has 4 heteroatoms. The van der Waals surface area contributed by atoms with Gasteiger partial charge in [-0.2, -0.15) is 0 Å². The molecule has 280 valence electrons. The second-order valence-electron chi connectivity index (χ2n) is 15.5. The number of nitrogens with zero attached hydrogens (tertiary/aromatic N) is 4. The molecule has 1 aliphatic carbocycles. The molecule has 1 aromatic heterocycles. The second-order valence-corrected chi connectivity index (χ2v) is 15.5. The van der Waals surface area contributed by atoms with Crippen LogP contribution < -0.4 is 4.90 Å². The van der Waals surface area contributed by atoms with Crippen LogP contribution in [0.5, 0.6) is 0 Å². The van der Waals surface area contributed by atoms with E-state index in [1.165, 1.54) is 50.2 Å². The first-order valence-corrected chi connectivity index (χ1v) is 20.5. The number of fused-ring (bicyclic) bond motifs is 6. The van der Waals surface area contributed by atoms with Gasteiger partial charge >= 0.3 is 0 Å². The largest absolute Gasteiger partial charge is 0.309 e. The molecule has 0 N–H and O–H groups in total. The second kappa shape index (κ2) is 13.6. The molecule has 0 saturated heterocycles. The summed E-state index contributed by atoms with van der Waals surface area (Å²) in [6, 6.07) is 78.2. The van der Waals surface area contributed by atoms with E-state index in [0.717, 1.165) is 38.8 Å². The molecule has 1 aliphatic heterocycles. The highest BCUT2D eigenvalue weighted by Gasteiger charge is 2.48. The highest BCUT2D eigenvalue weighted by molar-refractivity contribution is 6.19. The highest BCUT2D eigenvalue weighted by atomic mass is 15.2. The van der Waals surface area contributed by atoms with Gasteiger partial charge in [0.15, 0.2) is 17.5 Å². The number of rotatable bonds is 6. The van der Waals surface area contributed by atoms with Crippen molar-refractivity contribution < 1.29 is 0 Å². The van der Waals surface area contributed by atoms with E-state index in [2.05, 4.69) is 187 Å². The summed E-state index contributed by atoms with van der Waals surface area (Å²) >= 11 is 0. The Morgan fingerprint density at radius 2 is 0.867 bits per heavy atom. The number of aromatic nitrogens is 3. The molecule has 12 rings (SSSR count). The molecule has 60 heavy (non-hydrogen) atoms. The fourth-order valence-corrected chi connectivity index (χ4v) is 9.85. The van der Waals surface area contributed by atoms with Crippen LogP contribution in [0.4, 0.5) is 17.1 Å². The number of benzene rings is 9. The average molecular weight is 765 g/mol. The Bertz CT molecular complexity index is 3140. The van der Waals surface area contributed by atoms with Crippen molar-refractivity contribution in [3.8, 4) is 56.4 Å². The first kappa shape index (κ1) is 34.1. The van der Waals surface area contributed by atoms with Gasteiger partial charge < -0.3 is 4.90 Å². The van der Waals surface area contributed by atoms with Crippen LogP contribution in [0.2, 0.25) is 0 Å². The molecular weight excluding hydrogens is 729 g/mol. The number of hydrogen-bond acceptors (Lipinski definition) is 4. The van der Waals surface area contributed by atoms with E-state index < -0.39 is 5.41 Å². The van der Waals surface area contributed by atoms with Crippen molar-refractivity contribution in [2.24, 2.45) is 0 Å². The topological polar surface area (TPSA) is 41.9 Å². The van der Waals surface area contributed by atoms with E-state index in [0.29, 0.717) is 17.5 Å². The van der Waals surface area contributed by atoms with Gasteiger partial charge in [-0.15, -0.1) is 0 Å². The number of anilines is 3. The van der Waals surface area contributed by atoms with Crippen molar-refractivity contribution in [2.45, 2.75) is 5.41 Å². The maximum atomic E-state index is 5.18. The third kappa shape index (κ3) is 5.01. The van der Waals surface area contributed by atoms with Gasteiger partial charge in [0.2, 0.25) is 0 Å². The van der Waals surface area contributed by atoms with Crippen LogP contribution in [-0.2, 0) is 5.41 Å². The lowest BCUT2D eigenvalue weighted by atomic mass is 9.67. The van der Waals surface area contributed by atoms with E-state index in [9.17, 15) is 0 Å². The van der Waals surface area contributed by atoms with Crippen molar-refractivity contribution in [1.29, 1.82) is 0 Å². The van der Waals surface area contributed by atoms with Crippen molar-refractivity contribution in [2.75, 3.05) is 4.90 Å². The van der Waals surface area contributed by atoms with Crippen LogP contribution in [0.25, 0.3) is 67.2 Å². The lowest BCUT2D eigenvalue weighted by Crippen LogP contribution is -2.28. The van der Waals surface area contributed by atoms with Gasteiger partial charge in [-0.25, -0.2) is 15.0 Å². The van der Waals surface area contributed by atoms with E-state index in [-0.39, 0.29) is 0 Å². The third-order valence-corrected chi connectivity index (χ3v) is 12.3. The Morgan fingerprint density at radius 1 is 0.350 bits per heavy atom. The summed E-state index contributed by atoms with van der Waals surface area (Å²) in [5, 5.41) is 2.25. The summed E-state index contributed by atoms with van der Waals surface area (Å²) in [6.07, 6.45) is 0. The summed E-state index contributed by atoms with van der Waals surface area (Å²) in [4.78, 5) is 17.9. The standard InChI is InChI=1S/C56H36N4/c1-6-19-37(20-7-1)53-57-54(38-21-8-2-9-22-38)59-55(58-53)45-34-33-43-44-35-36-48-51(52(44)60(41-27-14-5-15-28-41)49-32-18-30-42(45)50(43)49)46-29-16-17-31-47(46)56(48,39-23-10-3-11-24-39)40-25-12-4-13-26-40/h1-36H. The third-order valence-electron chi connectivity index (χ3n) is 12.3. The molecule has 0 saturated carbocycles. The predicted molar refractivity (Wildman–Crippen MR) is 245 cm³/mol. The molecule has 0 atom stereocenters. The molecule has 2 aliphatic rings. The minimum atomic E-state index is -0.520. The van der Waals surface area contributed by atoms with E-state index >= 15 is 0 Å². The van der Waals surface area contributed by atoms with Gasteiger partial charge in [-0.3, -0.25) is 0 Å². The van der Waals surface area contributed by atoms with Crippen molar-refractivity contribution >= 4 is 27.8 Å². The Balaban J connectivity index is 1.16. The lowest BCUT2D eigenvalue weighted by Gasteiger charge is -2.37. The fourth-order valence-electron chi connectivity index (χ4n) is 9.85. The SMILES string of the molecule is c1ccc(-c2nc(-c3ccccc3)nc(-c3ccc4c5c(cccc35)N(c3ccccc3)c3c-4ccc4c3-c3ccccc3C4(c3ccccc3)c3ccccc3)n2)cc1. The summed E-state index contributed by atoms with van der Waals surface area (Å²) in [6.45, 7) is 0. The van der Waals surface area contributed by atoms with Crippen molar-refractivity contribution in [3.05, 3.63) is 241 Å². The first-order chi connectivity index (χ1) is 29.8. The maximum Gasteiger partial charge on any atom is 0.164 e. The number of hydrogen-bond donors (Lipinski definition) is 0. The monoisotopic (exact) mass is 764 g/mol. The van der Waals surface area contributed by atoms with Crippen LogP contribution in [0.15, 0.2) is 218 Å². The summed E-state index contributed by atoms with van der Waals surface area (Å²) in [7, 11) is 0. The molecule has 9 aromatic carbocycles. The van der Waals surface area contributed by atoms with Gasteiger partial charge in [-0.05, 0) is 63.0 Å². The molecule has 2 heterocycles. The van der Waals surface area contributed by atoms with Crippen LogP contribution in [-0.4, -0.2) is 15.0 Å². The van der Waals surface area contributed by atoms with Crippen molar-refractivity contribution in [3.63, 3.8) is 0 Å². The molecule has 0 radical (unpaired) electrons. The maximum absolute atomic E-state index is 5.18. The van der Waals surface area contributed by atoms with Gasteiger partial charge in [0.05, 0.1) is 16.8 Å². The summed E-state index contributed by atoms with van der Waals surface area (Å²) in [5.41, 5.74) is 15.7. The number of para-hydroxylation sites is 1. The lowest BCUT2D eigenvalue weighted by molar-refractivity contribution is 0.768. The summed E-state index contributed by atoms with van der Waals surface area (Å²) < 4.78 is 0. The smallest absolute Gasteiger partial charge is 0.164 e. The normalized spacial score (nSPS) is 13.1. The molecule has 0 unspecified atom stereocenters. The highest BCUT2D eigenvalue weighted by Crippen LogP contribution is 2.63. The fraction of sp³-hybridized carbons (Fsp3) is 0.0179. The molecular formula is C56H36N4. The average Bonchev–Trinajstić information content (AvgIpc) is 3.64. The van der Waals surface area contributed by atoms with Gasteiger partial charge in [-0.1, -0.05) is 194 Å². The van der Waals surface area contributed by atoms with Crippen LogP contribution in [0.1, 0.15) is 22.3 Å². The van der Waals surface area contributed by atoms with E-state index in [1.54, 1.807) is 0 Å². The van der Waals surface area contributed by atoms with E-state index in [4.69, 9.17) is 15.0 Å². The first-order valence-electron chi connectivity index (χ1n) is 20.5. The summed E-state index contributed by atoms with van der Waals surface area (Å²) in [5.74, 6) is 1.93. The Hall–Kier alpha value is -7.95. The Morgan fingerprint density at radius 3 is 1.50 bits per heavy atom. The molecule has 10 aromatic rings.